The molecule has 0 bridgehead atoms. The maximum atomic E-state index is 8.89. The lowest BCUT2D eigenvalue weighted by atomic mass is 9.95. The second-order valence-electron chi connectivity index (χ2n) is 17.5. The molecule has 386 valence electrons. The second-order valence-corrected chi connectivity index (χ2v) is 17.5. The van der Waals surface area contributed by atoms with E-state index in [1.54, 1.807) is 0 Å². The number of aliphatic hydroxyl groups excluding tert-OH is 7. The van der Waals surface area contributed by atoms with Gasteiger partial charge in [0.25, 0.3) is 0 Å². The molecule has 9 heteroatoms. The monoisotopic (exact) mass is 933 g/mol. The van der Waals surface area contributed by atoms with Crippen molar-refractivity contribution in [3.8, 4) is 0 Å². The van der Waals surface area contributed by atoms with E-state index in [0.29, 0.717) is 56.0 Å². The maximum absolute atomic E-state index is 8.89. The largest absolute Gasteiger partial charge is 0.396 e. The van der Waals surface area contributed by atoms with Crippen molar-refractivity contribution in [2.24, 2.45) is 29.6 Å². The minimum absolute atomic E-state index is 0.143. The van der Waals surface area contributed by atoms with Gasteiger partial charge in [-0.05, 0) is 110 Å². The Labute approximate surface area is 406 Å². The quantitative estimate of drug-likeness (QED) is 0.0389. The molecular formula is C57H104O9. The van der Waals surface area contributed by atoms with Gasteiger partial charge in [-0.3, -0.25) is 0 Å². The van der Waals surface area contributed by atoms with Gasteiger partial charge in [-0.25, -0.2) is 0 Å². The van der Waals surface area contributed by atoms with Crippen LogP contribution in [0.25, 0.3) is 0 Å². The zero-order valence-electron chi connectivity index (χ0n) is 44.1. The van der Waals surface area contributed by atoms with Crippen molar-refractivity contribution < 1.29 is 45.2 Å². The van der Waals surface area contributed by atoms with E-state index < -0.39 is 0 Å². The molecule has 0 heterocycles. The molecule has 66 heavy (non-hydrogen) atoms. The summed E-state index contributed by atoms with van der Waals surface area (Å²) in [5.74, 6) is 2.38. The molecule has 0 aliphatic heterocycles. The molecule has 0 fully saturated rings. The van der Waals surface area contributed by atoms with Gasteiger partial charge < -0.3 is 45.2 Å². The zero-order chi connectivity index (χ0) is 50.6. The topological polar surface area (TPSA) is 160 Å². The van der Waals surface area contributed by atoms with Crippen LogP contribution >= 0.6 is 0 Å². The Morgan fingerprint density at radius 2 is 0.955 bits per heavy atom. The van der Waals surface area contributed by atoms with Gasteiger partial charge in [-0.15, -0.1) is 0 Å². The molecule has 7 N–H and O–H groups in total. The minimum Gasteiger partial charge on any atom is -0.396 e. The van der Waals surface area contributed by atoms with Gasteiger partial charge in [0.1, 0.15) is 0 Å². The fourth-order valence-corrected chi connectivity index (χ4v) is 5.53. The summed E-state index contributed by atoms with van der Waals surface area (Å²) >= 11 is 0. The Morgan fingerprint density at radius 1 is 0.439 bits per heavy atom. The number of benzene rings is 3. The van der Waals surface area contributed by atoms with Gasteiger partial charge in [0, 0.05) is 52.9 Å². The number of unbranched alkanes of at least 4 members (excludes halogenated alkanes) is 2. The van der Waals surface area contributed by atoms with Crippen molar-refractivity contribution in [2.75, 3.05) is 66.1 Å². The van der Waals surface area contributed by atoms with Gasteiger partial charge in [0.2, 0.25) is 0 Å². The second kappa shape index (κ2) is 54.9. The third-order valence-electron chi connectivity index (χ3n) is 10.4. The van der Waals surface area contributed by atoms with E-state index in [2.05, 4.69) is 118 Å². The SMILES string of the molecule is CC(CO)Cc1ccccc1.CCC(C)C(C)CO.CCCC(C)CO.CCCCOCCO.CCCCc1cccc(CO)c1.CCCOCCCO.Cc1ccc(CC(C)CO)cc1. The lowest BCUT2D eigenvalue weighted by Crippen LogP contribution is -2.10. The molecule has 0 saturated carbocycles. The normalized spacial score (nSPS) is 12.4. The zero-order valence-corrected chi connectivity index (χ0v) is 44.1. The predicted molar refractivity (Wildman–Crippen MR) is 281 cm³/mol. The van der Waals surface area contributed by atoms with Crippen LogP contribution in [0, 0.1) is 36.5 Å². The first kappa shape index (κ1) is 69.9. The summed E-state index contributed by atoms with van der Waals surface area (Å²) in [6.45, 7) is 27.7. The summed E-state index contributed by atoms with van der Waals surface area (Å²) in [6, 6.07) is 26.9. The van der Waals surface area contributed by atoms with E-state index in [1.807, 2.05) is 37.3 Å². The highest BCUT2D eigenvalue weighted by Gasteiger charge is 2.07. The highest BCUT2D eigenvalue weighted by Crippen LogP contribution is 2.13. The molecule has 3 rings (SSSR count). The molecule has 0 saturated heterocycles. The lowest BCUT2D eigenvalue weighted by molar-refractivity contribution is 0.0904. The Kier molecular flexibility index (Phi) is 58.1. The number of hydrogen-bond donors (Lipinski definition) is 7. The van der Waals surface area contributed by atoms with Crippen LogP contribution in [0.2, 0.25) is 0 Å². The van der Waals surface area contributed by atoms with Crippen LogP contribution < -0.4 is 0 Å². The molecule has 0 aromatic heterocycles. The third-order valence-corrected chi connectivity index (χ3v) is 10.4. The van der Waals surface area contributed by atoms with Crippen LogP contribution in [0.1, 0.15) is 155 Å². The molecule has 0 radical (unpaired) electrons. The summed E-state index contributed by atoms with van der Waals surface area (Å²) in [5.41, 5.74) is 6.25. The standard InChI is InChI=1S/2C11H16O.C10H14O.C7H16O.2C6H14O2.C6H14O/c1-9-3-5-11(6-4-9)7-10(2)8-12;1-2-3-5-10-6-4-7-11(8-10)9-12;1-9(8-11)7-10-5-3-2-4-6-10;1-4-6(2)7(3)5-8;1-2-5-8-6-3-4-7;1-2-3-5-8-6-4-7;1-3-4-6(2)5-7/h3-6,10,12H,7-8H2,1-2H3;4,6-8,12H,2-3,5,9H2,1H3;2-6,9,11H,7-8H2,1H3;6-8H,4-5H2,1-3H3;2*7H,2-6H2,1H3;6-7H,3-5H2,1-2H3. The number of hydrogen-bond acceptors (Lipinski definition) is 9. The van der Waals surface area contributed by atoms with Gasteiger partial charge in [0.05, 0.1) is 19.8 Å². The first-order chi connectivity index (χ1) is 31.8. The van der Waals surface area contributed by atoms with Crippen LogP contribution in [-0.2, 0) is 35.3 Å². The third kappa shape index (κ3) is 50.7. The van der Waals surface area contributed by atoms with Crippen LogP contribution in [0.5, 0.6) is 0 Å². The Balaban J connectivity index is -0.000000344. The molecular weight excluding hydrogens is 829 g/mol. The first-order valence-electron chi connectivity index (χ1n) is 25.4. The number of aryl methyl sites for hydroxylation is 2. The van der Waals surface area contributed by atoms with E-state index in [-0.39, 0.29) is 33.0 Å². The summed E-state index contributed by atoms with van der Waals surface area (Å²) in [5, 5.41) is 60.2. The average molecular weight is 933 g/mol. The smallest absolute Gasteiger partial charge is 0.0697 e. The van der Waals surface area contributed by atoms with Crippen LogP contribution in [0.3, 0.4) is 0 Å². The highest BCUT2D eigenvalue weighted by atomic mass is 16.5. The summed E-state index contributed by atoms with van der Waals surface area (Å²) in [4.78, 5) is 0. The van der Waals surface area contributed by atoms with Gasteiger partial charge in [-0.2, -0.15) is 0 Å². The molecule has 3 aromatic rings. The Bertz CT molecular complexity index is 1290. The molecule has 0 spiro atoms. The molecule has 0 aliphatic carbocycles. The number of rotatable bonds is 26. The molecule has 9 nitrogen and oxygen atoms in total. The van der Waals surface area contributed by atoms with Crippen LogP contribution in [0.15, 0.2) is 78.9 Å². The van der Waals surface area contributed by atoms with Gasteiger partial charge in [-0.1, -0.05) is 179 Å². The average Bonchev–Trinajstić information content (AvgIpc) is 3.35. The fraction of sp³-hybridized carbons (Fsp3) is 0.684. The molecule has 5 unspecified atom stereocenters. The van der Waals surface area contributed by atoms with E-state index in [4.69, 9.17) is 45.2 Å². The van der Waals surface area contributed by atoms with Gasteiger partial charge >= 0.3 is 0 Å². The Morgan fingerprint density at radius 3 is 1.38 bits per heavy atom. The summed E-state index contributed by atoms with van der Waals surface area (Å²) < 4.78 is 10.0. The summed E-state index contributed by atoms with van der Waals surface area (Å²) in [7, 11) is 0. The number of aliphatic hydroxyl groups is 7. The lowest BCUT2D eigenvalue weighted by Gasteiger charge is -2.13. The first-order valence-corrected chi connectivity index (χ1v) is 25.4. The van der Waals surface area contributed by atoms with Crippen molar-refractivity contribution >= 4 is 0 Å². The van der Waals surface area contributed by atoms with E-state index in [1.165, 1.54) is 47.9 Å². The molecule has 0 amide bonds. The van der Waals surface area contributed by atoms with E-state index in [9.17, 15) is 0 Å². The van der Waals surface area contributed by atoms with Crippen molar-refractivity contribution in [3.63, 3.8) is 0 Å². The van der Waals surface area contributed by atoms with Crippen LogP contribution in [-0.4, -0.2) is 102 Å². The van der Waals surface area contributed by atoms with E-state index >= 15 is 0 Å². The molecule has 0 aliphatic rings. The van der Waals surface area contributed by atoms with Crippen LogP contribution in [0.4, 0.5) is 0 Å². The molecule has 5 atom stereocenters. The van der Waals surface area contributed by atoms with E-state index in [0.717, 1.165) is 70.1 Å². The highest BCUT2D eigenvalue weighted by molar-refractivity contribution is 5.23. The minimum atomic E-state index is 0.143. The van der Waals surface area contributed by atoms with Crippen molar-refractivity contribution in [2.45, 2.75) is 160 Å². The fourth-order valence-electron chi connectivity index (χ4n) is 5.53. The van der Waals surface area contributed by atoms with Crippen molar-refractivity contribution in [1.82, 2.24) is 0 Å². The van der Waals surface area contributed by atoms with Crippen molar-refractivity contribution in [3.05, 3.63) is 107 Å². The predicted octanol–water partition coefficient (Wildman–Crippen LogP) is 11.2. The maximum Gasteiger partial charge on any atom is 0.0697 e. The molecule has 3 aromatic carbocycles. The van der Waals surface area contributed by atoms with Crippen molar-refractivity contribution in [1.29, 1.82) is 0 Å². The Hall–Kier alpha value is -2.70. The summed E-state index contributed by atoms with van der Waals surface area (Å²) in [6.07, 6.45) is 13.1. The van der Waals surface area contributed by atoms with Gasteiger partial charge in [0.15, 0.2) is 0 Å². The number of ether oxygens (including phenoxy) is 2.